The van der Waals surface area contributed by atoms with E-state index < -0.39 is 11.6 Å². The summed E-state index contributed by atoms with van der Waals surface area (Å²) < 4.78 is 38.4. The van der Waals surface area contributed by atoms with Crippen molar-refractivity contribution in [2.75, 3.05) is 0 Å². The molecule has 0 atom stereocenters. The van der Waals surface area contributed by atoms with Gasteiger partial charge in [0.05, 0.1) is 0 Å². The minimum absolute atomic E-state index is 0.336. The molecule has 2 aromatic rings. The van der Waals surface area contributed by atoms with Crippen LogP contribution in [0.15, 0.2) is 42.5 Å². The second kappa shape index (κ2) is 4.87. The van der Waals surface area contributed by atoms with E-state index in [1.807, 2.05) is 0 Å². The van der Waals surface area contributed by atoms with Gasteiger partial charge in [-0.1, -0.05) is 30.4 Å². The van der Waals surface area contributed by atoms with Gasteiger partial charge in [-0.2, -0.15) is 0 Å². The summed E-state index contributed by atoms with van der Waals surface area (Å²) in [6.07, 6.45) is 3.23. The predicted molar refractivity (Wildman–Crippen MR) is 61.7 cm³/mol. The summed E-state index contributed by atoms with van der Waals surface area (Å²) in [7, 11) is 0. The van der Waals surface area contributed by atoms with Crippen LogP contribution in [0.25, 0.3) is 12.2 Å². The maximum atomic E-state index is 12.9. The van der Waals surface area contributed by atoms with Crippen LogP contribution >= 0.6 is 0 Å². The van der Waals surface area contributed by atoms with Gasteiger partial charge in [0.15, 0.2) is 11.6 Å². The molecule has 0 spiro atoms. The fourth-order valence-corrected chi connectivity index (χ4v) is 1.42. The molecule has 0 aliphatic heterocycles. The van der Waals surface area contributed by atoms with Crippen LogP contribution in [-0.2, 0) is 0 Å². The Balaban J connectivity index is 2.23. The molecule has 0 fully saturated rings. The monoisotopic (exact) mass is 234 g/mol. The Bertz CT molecular complexity index is 559. The highest BCUT2D eigenvalue weighted by Crippen LogP contribution is 2.12. The Labute approximate surface area is 97.0 Å². The van der Waals surface area contributed by atoms with Gasteiger partial charge in [-0.15, -0.1) is 0 Å². The van der Waals surface area contributed by atoms with Gasteiger partial charge in [0, 0.05) is 0 Å². The molecule has 2 rings (SSSR count). The molecule has 0 aliphatic carbocycles. The molecule has 0 N–H and O–H groups in total. The van der Waals surface area contributed by atoms with Gasteiger partial charge < -0.3 is 0 Å². The van der Waals surface area contributed by atoms with Crippen LogP contribution in [0.5, 0.6) is 0 Å². The lowest BCUT2D eigenvalue weighted by atomic mass is 10.1. The molecule has 0 saturated heterocycles. The molecule has 0 unspecified atom stereocenters. The summed E-state index contributed by atoms with van der Waals surface area (Å²) >= 11 is 0. The molecular formula is C14H9F3. The average molecular weight is 234 g/mol. The second-order valence-electron chi connectivity index (χ2n) is 3.56. The molecule has 0 amide bonds. The quantitative estimate of drug-likeness (QED) is 0.680. The van der Waals surface area contributed by atoms with Crippen molar-refractivity contribution in [1.82, 2.24) is 0 Å². The molecule has 2 aromatic carbocycles. The Morgan fingerprint density at radius 3 is 2.06 bits per heavy atom. The number of rotatable bonds is 2. The molecule has 3 heteroatoms. The first-order valence-electron chi connectivity index (χ1n) is 5.04. The third-order valence-corrected chi connectivity index (χ3v) is 2.26. The summed E-state index contributed by atoms with van der Waals surface area (Å²) in [5.41, 5.74) is 1.18. The smallest absolute Gasteiger partial charge is 0.159 e. The van der Waals surface area contributed by atoms with E-state index in [1.54, 1.807) is 24.3 Å². The van der Waals surface area contributed by atoms with Gasteiger partial charge >= 0.3 is 0 Å². The lowest BCUT2D eigenvalue weighted by molar-refractivity contribution is 0.508. The van der Waals surface area contributed by atoms with E-state index in [2.05, 4.69) is 0 Å². The van der Waals surface area contributed by atoms with Crippen molar-refractivity contribution in [3.63, 3.8) is 0 Å². The average Bonchev–Trinajstić information content (AvgIpc) is 2.31. The first-order chi connectivity index (χ1) is 8.15. The molecule has 86 valence electrons. The number of halogens is 3. The van der Waals surface area contributed by atoms with Crippen molar-refractivity contribution < 1.29 is 13.2 Å². The van der Waals surface area contributed by atoms with Crippen molar-refractivity contribution >= 4 is 12.2 Å². The highest BCUT2D eigenvalue weighted by Gasteiger charge is 1.99. The molecule has 0 aromatic heterocycles. The topological polar surface area (TPSA) is 0 Å². The molecule has 0 saturated carbocycles. The van der Waals surface area contributed by atoms with Crippen molar-refractivity contribution in [2.45, 2.75) is 0 Å². The zero-order chi connectivity index (χ0) is 12.3. The molecule has 0 radical (unpaired) electrons. The van der Waals surface area contributed by atoms with Gasteiger partial charge in [0.1, 0.15) is 5.82 Å². The Hall–Kier alpha value is -2.03. The predicted octanol–water partition coefficient (Wildman–Crippen LogP) is 4.27. The Kier molecular flexibility index (Phi) is 3.28. The standard InChI is InChI=1S/C14H9F3/c15-12-3-1-2-10(8-12)4-5-11-6-7-13(16)14(17)9-11/h1-9H. The lowest BCUT2D eigenvalue weighted by Crippen LogP contribution is -1.83. The SMILES string of the molecule is Fc1cccc(C=Cc2ccc(F)c(F)c2)c1. The van der Waals surface area contributed by atoms with E-state index in [9.17, 15) is 13.2 Å². The van der Waals surface area contributed by atoms with E-state index in [0.29, 0.717) is 11.1 Å². The van der Waals surface area contributed by atoms with Gasteiger partial charge in [0.25, 0.3) is 0 Å². The fourth-order valence-electron chi connectivity index (χ4n) is 1.42. The zero-order valence-electron chi connectivity index (χ0n) is 8.83. The van der Waals surface area contributed by atoms with Crippen LogP contribution in [0, 0.1) is 17.5 Å². The van der Waals surface area contributed by atoms with Crippen LogP contribution in [0.1, 0.15) is 11.1 Å². The van der Waals surface area contributed by atoms with E-state index in [0.717, 1.165) is 12.1 Å². The second-order valence-corrected chi connectivity index (χ2v) is 3.56. The highest BCUT2D eigenvalue weighted by molar-refractivity contribution is 5.69. The van der Waals surface area contributed by atoms with Crippen molar-refractivity contribution in [3.05, 3.63) is 71.0 Å². The Morgan fingerprint density at radius 1 is 0.706 bits per heavy atom. The van der Waals surface area contributed by atoms with Crippen LogP contribution in [0.2, 0.25) is 0 Å². The van der Waals surface area contributed by atoms with Crippen LogP contribution in [-0.4, -0.2) is 0 Å². The molecule has 0 heterocycles. The minimum atomic E-state index is -0.897. The molecular weight excluding hydrogens is 225 g/mol. The summed E-state index contributed by atoms with van der Waals surface area (Å²) in [6, 6.07) is 9.60. The number of hydrogen-bond donors (Lipinski definition) is 0. The zero-order valence-corrected chi connectivity index (χ0v) is 8.83. The fraction of sp³-hybridized carbons (Fsp3) is 0. The van der Waals surface area contributed by atoms with E-state index in [4.69, 9.17) is 0 Å². The summed E-state index contributed by atoms with van der Waals surface area (Å²) in [5.74, 6) is -2.11. The lowest BCUT2D eigenvalue weighted by Gasteiger charge is -1.96. The van der Waals surface area contributed by atoms with Gasteiger partial charge in [-0.05, 0) is 35.4 Å². The van der Waals surface area contributed by atoms with Crippen molar-refractivity contribution in [2.24, 2.45) is 0 Å². The van der Waals surface area contributed by atoms with E-state index in [-0.39, 0.29) is 5.82 Å². The Morgan fingerprint density at radius 2 is 1.41 bits per heavy atom. The highest BCUT2D eigenvalue weighted by atomic mass is 19.2. The normalized spacial score (nSPS) is 11.0. The number of hydrogen-bond acceptors (Lipinski definition) is 0. The third kappa shape index (κ3) is 2.97. The molecule has 0 bridgehead atoms. The van der Waals surface area contributed by atoms with Crippen molar-refractivity contribution in [1.29, 1.82) is 0 Å². The van der Waals surface area contributed by atoms with Gasteiger partial charge in [0.2, 0.25) is 0 Å². The summed E-state index contributed by atoms with van der Waals surface area (Å²) in [6.45, 7) is 0. The number of benzene rings is 2. The largest absolute Gasteiger partial charge is 0.207 e. The molecule has 0 nitrogen and oxygen atoms in total. The van der Waals surface area contributed by atoms with Crippen LogP contribution in [0.3, 0.4) is 0 Å². The van der Waals surface area contributed by atoms with Crippen molar-refractivity contribution in [3.8, 4) is 0 Å². The van der Waals surface area contributed by atoms with E-state index in [1.165, 1.54) is 18.2 Å². The maximum Gasteiger partial charge on any atom is 0.159 e. The first kappa shape index (κ1) is 11.5. The molecule has 0 aliphatic rings. The molecule has 17 heavy (non-hydrogen) atoms. The maximum absolute atomic E-state index is 12.9. The third-order valence-electron chi connectivity index (χ3n) is 2.26. The van der Waals surface area contributed by atoms with Crippen LogP contribution < -0.4 is 0 Å². The van der Waals surface area contributed by atoms with Gasteiger partial charge in [-0.3, -0.25) is 0 Å². The first-order valence-corrected chi connectivity index (χ1v) is 5.04. The van der Waals surface area contributed by atoms with Crippen LogP contribution in [0.4, 0.5) is 13.2 Å². The summed E-state index contributed by atoms with van der Waals surface area (Å²) in [5, 5.41) is 0. The van der Waals surface area contributed by atoms with E-state index >= 15 is 0 Å². The van der Waals surface area contributed by atoms with Gasteiger partial charge in [-0.25, -0.2) is 13.2 Å². The summed E-state index contributed by atoms with van der Waals surface area (Å²) in [4.78, 5) is 0. The minimum Gasteiger partial charge on any atom is -0.207 e.